The van der Waals surface area contributed by atoms with E-state index < -0.39 is 10.0 Å². The molecule has 0 atom stereocenters. The summed E-state index contributed by atoms with van der Waals surface area (Å²) >= 11 is 0. The van der Waals surface area contributed by atoms with Gasteiger partial charge in [0.25, 0.3) is 0 Å². The van der Waals surface area contributed by atoms with Gasteiger partial charge in [-0.15, -0.1) is 0 Å². The molecule has 1 rings (SSSR count). The Kier molecular flexibility index (Phi) is 8.49. The van der Waals surface area contributed by atoms with Gasteiger partial charge in [0.2, 0.25) is 10.0 Å². The van der Waals surface area contributed by atoms with Crippen LogP contribution < -0.4 is 15.4 Å². The number of guanidine groups is 1. The summed E-state index contributed by atoms with van der Waals surface area (Å²) in [5.74, 6) is 0.637. The molecule has 0 aromatic heterocycles. The Balaban J connectivity index is 2.45. The average Bonchev–Trinajstić information content (AvgIpc) is 2.52. The Labute approximate surface area is 132 Å². The highest BCUT2D eigenvalue weighted by atomic mass is 32.2. The summed E-state index contributed by atoms with van der Waals surface area (Å²) in [7, 11) is -1.84. The van der Waals surface area contributed by atoms with Gasteiger partial charge in [-0.1, -0.05) is 18.2 Å². The first-order valence-electron chi connectivity index (χ1n) is 7.16. The number of nitrogens with zero attached hydrogens (tertiary/aromatic N) is 1. The first kappa shape index (κ1) is 18.4. The first-order chi connectivity index (χ1) is 10.6. The lowest BCUT2D eigenvalue weighted by Gasteiger charge is -2.11. The van der Waals surface area contributed by atoms with Gasteiger partial charge in [-0.05, 0) is 19.1 Å². The molecule has 0 unspecified atom stereocenters. The van der Waals surface area contributed by atoms with Gasteiger partial charge >= 0.3 is 0 Å². The van der Waals surface area contributed by atoms with Gasteiger partial charge in [0.15, 0.2) is 5.96 Å². The second kappa shape index (κ2) is 10.1. The molecule has 0 aliphatic carbocycles. The van der Waals surface area contributed by atoms with Crippen molar-refractivity contribution in [1.82, 2.24) is 15.4 Å². The van der Waals surface area contributed by atoms with Crippen molar-refractivity contribution in [3.63, 3.8) is 0 Å². The van der Waals surface area contributed by atoms with Crippen molar-refractivity contribution in [2.45, 2.75) is 11.8 Å². The highest BCUT2D eigenvalue weighted by molar-refractivity contribution is 7.89. The molecule has 0 radical (unpaired) electrons. The van der Waals surface area contributed by atoms with Crippen molar-refractivity contribution >= 4 is 16.0 Å². The Morgan fingerprint density at radius 1 is 1.18 bits per heavy atom. The van der Waals surface area contributed by atoms with Crippen LogP contribution in [0.4, 0.5) is 0 Å². The molecule has 7 nitrogen and oxygen atoms in total. The Morgan fingerprint density at radius 3 is 2.55 bits per heavy atom. The third kappa shape index (κ3) is 6.88. The van der Waals surface area contributed by atoms with Crippen molar-refractivity contribution < 1.29 is 13.2 Å². The van der Waals surface area contributed by atoms with Gasteiger partial charge in [0, 0.05) is 26.7 Å². The minimum Gasteiger partial charge on any atom is -0.383 e. The topological polar surface area (TPSA) is 91.8 Å². The molecule has 8 heteroatoms. The number of ether oxygens (including phenoxy) is 1. The number of nitrogens with one attached hydrogen (secondary N) is 3. The molecule has 1 aromatic rings. The van der Waals surface area contributed by atoms with Crippen LogP contribution in [0.15, 0.2) is 40.2 Å². The van der Waals surface area contributed by atoms with E-state index in [1.807, 2.05) is 6.92 Å². The highest BCUT2D eigenvalue weighted by Crippen LogP contribution is 2.06. The lowest BCUT2D eigenvalue weighted by Crippen LogP contribution is -2.39. The van der Waals surface area contributed by atoms with Crippen LogP contribution in [0, 0.1) is 0 Å². The predicted molar refractivity (Wildman–Crippen MR) is 87.5 cm³/mol. The normalized spacial score (nSPS) is 12.2. The number of rotatable bonds is 9. The fourth-order valence-electron chi connectivity index (χ4n) is 1.64. The number of sulfonamides is 1. The number of hydrogen-bond donors (Lipinski definition) is 3. The molecule has 0 saturated carbocycles. The second-order valence-electron chi connectivity index (χ2n) is 4.39. The maximum absolute atomic E-state index is 12.0. The zero-order valence-corrected chi connectivity index (χ0v) is 13.8. The van der Waals surface area contributed by atoms with E-state index >= 15 is 0 Å². The molecule has 0 heterocycles. The quantitative estimate of drug-likeness (QED) is 0.341. The third-order valence-electron chi connectivity index (χ3n) is 2.67. The molecule has 124 valence electrons. The van der Waals surface area contributed by atoms with E-state index in [2.05, 4.69) is 20.3 Å². The van der Waals surface area contributed by atoms with Crippen LogP contribution in [0.2, 0.25) is 0 Å². The Bertz CT molecular complexity index is 546. The van der Waals surface area contributed by atoms with Gasteiger partial charge in [-0.3, -0.25) is 4.99 Å². The zero-order valence-electron chi connectivity index (χ0n) is 13.0. The largest absolute Gasteiger partial charge is 0.383 e. The van der Waals surface area contributed by atoms with Crippen LogP contribution in [0.3, 0.4) is 0 Å². The van der Waals surface area contributed by atoms with E-state index in [9.17, 15) is 8.42 Å². The highest BCUT2D eigenvalue weighted by Gasteiger charge is 2.11. The molecule has 22 heavy (non-hydrogen) atoms. The van der Waals surface area contributed by atoms with Crippen LogP contribution in [-0.2, 0) is 14.8 Å². The lowest BCUT2D eigenvalue weighted by molar-refractivity contribution is 0.203. The summed E-state index contributed by atoms with van der Waals surface area (Å²) in [5, 5.41) is 6.16. The van der Waals surface area contributed by atoms with Crippen molar-refractivity contribution in [2.24, 2.45) is 4.99 Å². The maximum Gasteiger partial charge on any atom is 0.240 e. The zero-order chi connectivity index (χ0) is 16.3. The minimum atomic E-state index is -3.47. The maximum atomic E-state index is 12.0. The van der Waals surface area contributed by atoms with E-state index in [0.717, 1.165) is 6.54 Å². The molecule has 1 aromatic carbocycles. The van der Waals surface area contributed by atoms with Crippen LogP contribution in [0.5, 0.6) is 0 Å². The summed E-state index contributed by atoms with van der Waals surface area (Å²) in [6.45, 7) is 4.48. The smallest absolute Gasteiger partial charge is 0.240 e. The van der Waals surface area contributed by atoms with Crippen LogP contribution in [-0.4, -0.2) is 54.3 Å². The van der Waals surface area contributed by atoms with Crippen LogP contribution >= 0.6 is 0 Å². The summed E-state index contributed by atoms with van der Waals surface area (Å²) in [5.41, 5.74) is 0. The van der Waals surface area contributed by atoms with E-state index in [1.165, 1.54) is 0 Å². The number of methoxy groups -OCH3 is 1. The van der Waals surface area contributed by atoms with Crippen molar-refractivity contribution in [3.8, 4) is 0 Å². The molecular formula is C14H24N4O3S. The van der Waals surface area contributed by atoms with Gasteiger partial charge in [0.05, 0.1) is 18.0 Å². The molecule has 0 bridgehead atoms. The summed E-state index contributed by atoms with van der Waals surface area (Å²) in [4.78, 5) is 4.55. The minimum absolute atomic E-state index is 0.234. The van der Waals surface area contributed by atoms with Gasteiger partial charge in [-0.25, -0.2) is 13.1 Å². The SMILES string of the molecule is CCNC(=NCCNS(=O)(=O)c1ccccc1)NCCOC. The number of benzene rings is 1. The molecule has 3 N–H and O–H groups in total. The first-order valence-corrected chi connectivity index (χ1v) is 8.64. The molecule has 0 aliphatic rings. The standard InChI is InChI=1S/C14H24N4O3S/c1-3-15-14(17-11-12-21-2)16-9-10-18-22(19,20)13-7-5-4-6-8-13/h4-8,18H,3,9-12H2,1-2H3,(H2,15,16,17). The number of aliphatic imine (C=N–C) groups is 1. The van der Waals surface area contributed by atoms with Crippen molar-refractivity contribution in [2.75, 3.05) is 39.9 Å². The van der Waals surface area contributed by atoms with E-state index in [1.54, 1.807) is 37.4 Å². The Hall–Kier alpha value is -1.64. The molecule has 0 amide bonds. The second-order valence-corrected chi connectivity index (χ2v) is 6.16. The summed E-state index contributed by atoms with van der Waals surface area (Å²) in [6, 6.07) is 8.27. The molecule has 0 aliphatic heterocycles. The molecule has 0 saturated heterocycles. The summed E-state index contributed by atoms with van der Waals surface area (Å²) < 4.78 is 31.5. The number of hydrogen-bond acceptors (Lipinski definition) is 4. The summed E-state index contributed by atoms with van der Waals surface area (Å²) in [6.07, 6.45) is 0. The Morgan fingerprint density at radius 2 is 1.91 bits per heavy atom. The van der Waals surface area contributed by atoms with Crippen molar-refractivity contribution in [3.05, 3.63) is 30.3 Å². The van der Waals surface area contributed by atoms with Crippen molar-refractivity contribution in [1.29, 1.82) is 0 Å². The van der Waals surface area contributed by atoms with Crippen LogP contribution in [0.1, 0.15) is 6.92 Å². The monoisotopic (exact) mass is 328 g/mol. The van der Waals surface area contributed by atoms with E-state index in [-0.39, 0.29) is 11.4 Å². The fraction of sp³-hybridized carbons (Fsp3) is 0.500. The predicted octanol–water partition coefficient (Wildman–Crippen LogP) is 0.166. The molecule has 0 spiro atoms. The molecular weight excluding hydrogens is 304 g/mol. The fourth-order valence-corrected chi connectivity index (χ4v) is 2.69. The average molecular weight is 328 g/mol. The van der Waals surface area contributed by atoms with Gasteiger partial charge in [0.1, 0.15) is 0 Å². The van der Waals surface area contributed by atoms with Gasteiger partial charge in [-0.2, -0.15) is 0 Å². The van der Waals surface area contributed by atoms with Crippen LogP contribution in [0.25, 0.3) is 0 Å². The van der Waals surface area contributed by atoms with Gasteiger partial charge < -0.3 is 15.4 Å². The van der Waals surface area contributed by atoms with E-state index in [4.69, 9.17) is 4.74 Å². The van der Waals surface area contributed by atoms with E-state index in [0.29, 0.717) is 25.7 Å². The lowest BCUT2D eigenvalue weighted by atomic mass is 10.4. The molecule has 0 fully saturated rings. The third-order valence-corrected chi connectivity index (χ3v) is 4.15.